The Bertz CT molecular complexity index is 726. The molecule has 100 valence electrons. The minimum Gasteiger partial charge on any atom is -0.494 e. The van der Waals surface area contributed by atoms with Crippen molar-refractivity contribution in [3.05, 3.63) is 44.8 Å². The Morgan fingerprint density at radius 1 is 1.47 bits per heavy atom. The molecule has 0 saturated heterocycles. The number of aromatic nitrogens is 2. The van der Waals surface area contributed by atoms with Gasteiger partial charge in [-0.25, -0.2) is 0 Å². The first kappa shape index (κ1) is 13.3. The summed E-state index contributed by atoms with van der Waals surface area (Å²) in [6, 6.07) is 3.54. The lowest BCUT2D eigenvalue weighted by Gasteiger charge is -2.08. The Kier molecular flexibility index (Phi) is 3.66. The third-order valence-electron chi connectivity index (χ3n) is 2.72. The van der Waals surface area contributed by atoms with E-state index in [-0.39, 0.29) is 21.8 Å². The maximum absolute atomic E-state index is 12.0. The van der Waals surface area contributed by atoms with Gasteiger partial charge in [0.2, 0.25) is 5.88 Å². The molecule has 0 atom stereocenters. The molecule has 2 rings (SSSR count). The molecule has 0 saturated carbocycles. The first-order chi connectivity index (χ1) is 9.02. The highest BCUT2D eigenvalue weighted by Crippen LogP contribution is 2.10. The summed E-state index contributed by atoms with van der Waals surface area (Å²) in [5.41, 5.74) is -0.283. The molecule has 7 heteroatoms. The Morgan fingerprint density at radius 3 is 2.84 bits per heavy atom. The highest BCUT2D eigenvalue weighted by atomic mass is 32.1. The molecule has 2 aromatic rings. The van der Waals surface area contributed by atoms with E-state index in [4.69, 9.17) is 16.6 Å². The number of aliphatic imine (C=N–C) groups is 1. The van der Waals surface area contributed by atoms with E-state index in [2.05, 4.69) is 4.99 Å². The van der Waals surface area contributed by atoms with Crippen LogP contribution in [0.15, 0.2) is 32.6 Å². The van der Waals surface area contributed by atoms with Gasteiger partial charge in [0.15, 0.2) is 4.77 Å². The zero-order valence-electron chi connectivity index (χ0n) is 10.5. The first-order valence-corrected chi connectivity index (χ1v) is 5.94. The number of rotatable bonds is 3. The zero-order chi connectivity index (χ0) is 14.0. The Balaban J connectivity index is 2.38. The van der Waals surface area contributed by atoms with Crippen LogP contribution in [0.3, 0.4) is 0 Å². The van der Waals surface area contributed by atoms with Gasteiger partial charge in [0, 0.05) is 20.3 Å². The van der Waals surface area contributed by atoms with E-state index in [0.717, 1.165) is 0 Å². The molecule has 1 N–H and O–H groups in total. The van der Waals surface area contributed by atoms with Crippen LogP contribution in [0.5, 0.6) is 5.88 Å². The van der Waals surface area contributed by atoms with Crippen LogP contribution in [0.4, 0.5) is 0 Å². The maximum atomic E-state index is 12.0. The van der Waals surface area contributed by atoms with Crippen molar-refractivity contribution in [1.82, 2.24) is 9.13 Å². The summed E-state index contributed by atoms with van der Waals surface area (Å²) < 4.78 is 7.99. The third-order valence-corrected chi connectivity index (χ3v) is 3.26. The molecule has 0 spiro atoms. The summed E-state index contributed by atoms with van der Waals surface area (Å²) in [5.74, 6) is 0.480. The number of nitrogens with zero attached hydrogens (tertiary/aromatic N) is 3. The average molecular weight is 279 g/mol. The van der Waals surface area contributed by atoms with Gasteiger partial charge < -0.3 is 9.52 Å². The predicted molar refractivity (Wildman–Crippen MR) is 73.2 cm³/mol. The van der Waals surface area contributed by atoms with Crippen LogP contribution in [0.1, 0.15) is 11.3 Å². The van der Waals surface area contributed by atoms with Gasteiger partial charge in [0.1, 0.15) is 11.3 Å². The summed E-state index contributed by atoms with van der Waals surface area (Å²) in [5, 5.41) is 9.91. The topological polar surface area (TPSA) is 72.7 Å². The average Bonchev–Trinajstić information content (AvgIpc) is 2.91. The zero-order valence-corrected chi connectivity index (χ0v) is 11.3. The summed E-state index contributed by atoms with van der Waals surface area (Å²) in [4.78, 5) is 16.0. The van der Waals surface area contributed by atoms with Crippen LogP contribution in [0, 0.1) is 4.77 Å². The molecular formula is C12H13N3O3S. The summed E-state index contributed by atoms with van der Waals surface area (Å²) in [6.45, 7) is 0.301. The van der Waals surface area contributed by atoms with Crippen molar-refractivity contribution < 1.29 is 9.52 Å². The molecule has 0 unspecified atom stereocenters. The van der Waals surface area contributed by atoms with E-state index >= 15 is 0 Å². The predicted octanol–water partition coefficient (Wildman–Crippen LogP) is 1.37. The van der Waals surface area contributed by atoms with E-state index in [1.165, 1.54) is 15.3 Å². The molecule has 0 fully saturated rings. The number of hydrogen-bond donors (Lipinski definition) is 1. The third kappa shape index (κ3) is 2.50. The lowest BCUT2D eigenvalue weighted by Crippen LogP contribution is -2.25. The highest BCUT2D eigenvalue weighted by molar-refractivity contribution is 7.71. The van der Waals surface area contributed by atoms with E-state index in [0.29, 0.717) is 12.3 Å². The fourth-order valence-electron chi connectivity index (χ4n) is 1.60. The molecule has 0 aromatic carbocycles. The van der Waals surface area contributed by atoms with E-state index in [9.17, 15) is 9.90 Å². The van der Waals surface area contributed by atoms with E-state index < -0.39 is 0 Å². The highest BCUT2D eigenvalue weighted by Gasteiger charge is 2.10. The molecule has 0 amide bonds. The minimum absolute atomic E-state index is 0.102. The first-order valence-electron chi connectivity index (χ1n) is 5.53. The van der Waals surface area contributed by atoms with Crippen LogP contribution in [-0.2, 0) is 20.6 Å². The Labute approximate surface area is 114 Å². The number of hydrogen-bond acceptors (Lipinski definition) is 5. The van der Waals surface area contributed by atoms with E-state index in [1.807, 2.05) is 0 Å². The molecule has 0 aliphatic heterocycles. The number of furan rings is 1. The molecule has 19 heavy (non-hydrogen) atoms. The molecule has 0 bridgehead atoms. The van der Waals surface area contributed by atoms with Crippen molar-refractivity contribution in [2.45, 2.75) is 6.54 Å². The van der Waals surface area contributed by atoms with Gasteiger partial charge in [0.05, 0.1) is 12.8 Å². The normalized spacial score (nSPS) is 11.3. The molecule has 0 radical (unpaired) electrons. The van der Waals surface area contributed by atoms with Gasteiger partial charge in [-0.2, -0.15) is 0 Å². The fourth-order valence-corrected chi connectivity index (χ4v) is 1.77. The second-order valence-corrected chi connectivity index (χ2v) is 4.36. The van der Waals surface area contributed by atoms with Crippen LogP contribution in [0.2, 0.25) is 0 Å². The second-order valence-electron chi connectivity index (χ2n) is 3.99. The van der Waals surface area contributed by atoms with Gasteiger partial charge in [-0.05, 0) is 24.4 Å². The lowest BCUT2D eigenvalue weighted by atomic mass is 10.3. The summed E-state index contributed by atoms with van der Waals surface area (Å²) in [6.07, 6.45) is 2.88. The smallest absolute Gasteiger partial charge is 0.266 e. The van der Waals surface area contributed by atoms with Crippen molar-refractivity contribution in [2.24, 2.45) is 19.1 Å². The van der Waals surface area contributed by atoms with Crippen molar-refractivity contribution in [3.8, 4) is 5.88 Å². The lowest BCUT2D eigenvalue weighted by molar-refractivity contribution is 0.414. The van der Waals surface area contributed by atoms with Crippen LogP contribution in [-0.4, -0.2) is 20.5 Å². The monoisotopic (exact) mass is 279 g/mol. The van der Waals surface area contributed by atoms with E-state index in [1.54, 1.807) is 32.5 Å². The quantitative estimate of drug-likeness (QED) is 0.680. The van der Waals surface area contributed by atoms with Crippen molar-refractivity contribution in [1.29, 1.82) is 0 Å². The molecule has 2 heterocycles. The summed E-state index contributed by atoms with van der Waals surface area (Å²) in [7, 11) is 3.13. The van der Waals surface area contributed by atoms with Gasteiger partial charge >= 0.3 is 0 Å². The van der Waals surface area contributed by atoms with Crippen LogP contribution < -0.4 is 5.56 Å². The van der Waals surface area contributed by atoms with Crippen molar-refractivity contribution in [2.75, 3.05) is 0 Å². The van der Waals surface area contributed by atoms with Crippen molar-refractivity contribution in [3.63, 3.8) is 0 Å². The molecular weight excluding hydrogens is 266 g/mol. The van der Waals surface area contributed by atoms with Gasteiger partial charge in [-0.3, -0.25) is 18.9 Å². The molecule has 2 aromatic heterocycles. The van der Waals surface area contributed by atoms with Crippen molar-refractivity contribution >= 4 is 18.4 Å². The van der Waals surface area contributed by atoms with Gasteiger partial charge in [-0.1, -0.05) is 0 Å². The van der Waals surface area contributed by atoms with Crippen LogP contribution in [0.25, 0.3) is 0 Å². The van der Waals surface area contributed by atoms with Crippen LogP contribution >= 0.6 is 12.2 Å². The summed E-state index contributed by atoms with van der Waals surface area (Å²) >= 11 is 5.01. The molecule has 6 nitrogen and oxygen atoms in total. The SMILES string of the molecule is Cn1c(O)c(C=NCc2ccco2)c(=O)n(C)c1=S. The fraction of sp³-hybridized carbons (Fsp3) is 0.250. The van der Waals surface area contributed by atoms with Gasteiger partial charge in [0.25, 0.3) is 5.56 Å². The standard InChI is InChI=1S/C12H13N3O3S/c1-14-10(16)9(11(17)15(2)12(14)19)7-13-6-8-4-3-5-18-8/h3-5,7,16H,6H2,1-2H3. The molecule has 0 aliphatic rings. The minimum atomic E-state index is -0.385. The van der Waals surface area contributed by atoms with Gasteiger partial charge in [-0.15, -0.1) is 0 Å². The number of aromatic hydroxyl groups is 1. The second kappa shape index (κ2) is 5.23. The maximum Gasteiger partial charge on any atom is 0.266 e. The Morgan fingerprint density at radius 2 is 2.21 bits per heavy atom. The largest absolute Gasteiger partial charge is 0.494 e. The Hall–Kier alpha value is -2.15. The molecule has 0 aliphatic carbocycles.